The minimum absolute atomic E-state index is 0.193. The van der Waals surface area contributed by atoms with Gasteiger partial charge in [-0.1, -0.05) is 54.1 Å². The normalized spacial score (nSPS) is 11.9. The smallest absolute Gasteiger partial charge is 0.200 e. The van der Waals surface area contributed by atoms with Crippen molar-refractivity contribution in [3.05, 3.63) is 77.9 Å². The van der Waals surface area contributed by atoms with E-state index >= 15 is 0 Å². The van der Waals surface area contributed by atoms with Crippen molar-refractivity contribution in [2.45, 2.75) is 11.8 Å². The summed E-state index contributed by atoms with van der Waals surface area (Å²) in [6.45, 7) is 1.90. The third-order valence-corrected chi connectivity index (χ3v) is 4.73. The number of benzene rings is 3. The summed E-state index contributed by atoms with van der Waals surface area (Å²) in [5.74, 6) is 0. The fourth-order valence-corrected chi connectivity index (χ4v) is 3.02. The lowest BCUT2D eigenvalue weighted by Crippen LogP contribution is -2.18. The molecule has 0 saturated carbocycles. The number of fused-ring (bicyclic) bond motifs is 1. The molecule has 3 aromatic carbocycles. The number of nitrogens with one attached hydrogen (secondary N) is 1. The number of sulfonamides is 1. The van der Waals surface area contributed by atoms with Crippen LogP contribution in [0.2, 0.25) is 0 Å². The van der Waals surface area contributed by atoms with Crippen LogP contribution in [0.3, 0.4) is 0 Å². The molecule has 0 unspecified atom stereocenters. The summed E-state index contributed by atoms with van der Waals surface area (Å²) in [7, 11) is -3.64. The van der Waals surface area contributed by atoms with E-state index in [9.17, 15) is 8.42 Å². The van der Waals surface area contributed by atoms with Gasteiger partial charge in [-0.25, -0.2) is 4.83 Å². The molecule has 0 amide bonds. The Morgan fingerprint density at radius 1 is 0.913 bits per heavy atom. The lowest BCUT2D eigenvalue weighted by Gasteiger charge is -2.03. The van der Waals surface area contributed by atoms with Gasteiger partial charge in [-0.3, -0.25) is 0 Å². The highest BCUT2D eigenvalue weighted by molar-refractivity contribution is 7.89. The van der Waals surface area contributed by atoms with Crippen LogP contribution in [0.4, 0.5) is 0 Å². The van der Waals surface area contributed by atoms with E-state index in [1.165, 1.54) is 6.21 Å². The molecule has 0 aliphatic heterocycles. The lowest BCUT2D eigenvalue weighted by molar-refractivity contribution is 0.584. The van der Waals surface area contributed by atoms with E-state index in [-0.39, 0.29) is 4.90 Å². The van der Waals surface area contributed by atoms with Gasteiger partial charge in [-0.2, -0.15) is 13.5 Å². The standard InChI is InChI=1S/C18H16N2O2S/c1-14-6-10-18(11-7-14)23(21,22)20-19-13-15-8-9-16-4-2-3-5-17(16)12-15/h2-13,20H,1H3/b19-13-. The van der Waals surface area contributed by atoms with Gasteiger partial charge in [0.15, 0.2) is 0 Å². The zero-order valence-electron chi connectivity index (χ0n) is 12.6. The number of hydrogen-bond acceptors (Lipinski definition) is 3. The highest BCUT2D eigenvalue weighted by Crippen LogP contribution is 2.14. The summed E-state index contributed by atoms with van der Waals surface area (Å²) in [4.78, 5) is 2.43. The maximum absolute atomic E-state index is 12.1. The summed E-state index contributed by atoms with van der Waals surface area (Å²) in [6.07, 6.45) is 1.50. The molecule has 0 heterocycles. The average molecular weight is 324 g/mol. The third kappa shape index (κ3) is 3.57. The molecule has 0 fully saturated rings. The van der Waals surface area contributed by atoms with E-state index in [0.29, 0.717) is 0 Å². The zero-order valence-corrected chi connectivity index (χ0v) is 13.4. The average Bonchev–Trinajstić information content (AvgIpc) is 2.55. The molecular weight excluding hydrogens is 308 g/mol. The van der Waals surface area contributed by atoms with Crippen LogP contribution < -0.4 is 4.83 Å². The highest BCUT2D eigenvalue weighted by Gasteiger charge is 2.11. The predicted octanol–water partition coefficient (Wildman–Crippen LogP) is 3.46. The van der Waals surface area contributed by atoms with E-state index < -0.39 is 10.0 Å². The summed E-state index contributed by atoms with van der Waals surface area (Å²) in [5.41, 5.74) is 1.83. The lowest BCUT2D eigenvalue weighted by atomic mass is 10.1. The first-order valence-electron chi connectivity index (χ1n) is 7.15. The van der Waals surface area contributed by atoms with Crippen LogP contribution >= 0.6 is 0 Å². The number of hydrogen-bond donors (Lipinski definition) is 1. The van der Waals surface area contributed by atoms with Gasteiger partial charge < -0.3 is 0 Å². The van der Waals surface area contributed by atoms with Gasteiger partial charge in [0.1, 0.15) is 0 Å². The van der Waals surface area contributed by atoms with Gasteiger partial charge in [0, 0.05) is 0 Å². The molecule has 0 atom stereocenters. The van der Waals surface area contributed by atoms with Crippen molar-refractivity contribution in [3.63, 3.8) is 0 Å². The van der Waals surface area contributed by atoms with Crippen molar-refractivity contribution in [2.24, 2.45) is 5.10 Å². The number of hydrazone groups is 1. The van der Waals surface area contributed by atoms with E-state index in [4.69, 9.17) is 0 Å². The van der Waals surface area contributed by atoms with Crippen molar-refractivity contribution in [1.82, 2.24) is 4.83 Å². The maximum Gasteiger partial charge on any atom is 0.276 e. The largest absolute Gasteiger partial charge is 0.276 e. The van der Waals surface area contributed by atoms with Crippen LogP contribution in [0.25, 0.3) is 10.8 Å². The van der Waals surface area contributed by atoms with Gasteiger partial charge in [-0.15, -0.1) is 0 Å². The fourth-order valence-electron chi connectivity index (χ4n) is 2.23. The molecule has 0 radical (unpaired) electrons. The molecule has 0 saturated heterocycles. The van der Waals surface area contributed by atoms with Crippen LogP contribution in [0.5, 0.6) is 0 Å². The van der Waals surface area contributed by atoms with Gasteiger partial charge in [0.2, 0.25) is 0 Å². The van der Waals surface area contributed by atoms with Gasteiger partial charge in [-0.05, 0) is 41.5 Å². The SMILES string of the molecule is Cc1ccc(S(=O)(=O)N/N=C\c2ccc3ccccc3c2)cc1. The molecule has 0 aliphatic carbocycles. The van der Waals surface area contributed by atoms with Gasteiger partial charge >= 0.3 is 0 Å². The summed E-state index contributed by atoms with van der Waals surface area (Å²) in [6, 6.07) is 20.4. The van der Waals surface area contributed by atoms with Crippen molar-refractivity contribution in [2.75, 3.05) is 0 Å². The Morgan fingerprint density at radius 2 is 1.61 bits per heavy atom. The summed E-state index contributed by atoms with van der Waals surface area (Å²) >= 11 is 0. The van der Waals surface area contributed by atoms with Crippen LogP contribution in [0.1, 0.15) is 11.1 Å². The fraction of sp³-hybridized carbons (Fsp3) is 0.0556. The molecule has 0 bridgehead atoms. The molecule has 0 aliphatic rings. The second kappa shape index (κ2) is 6.22. The Labute approximate surface area is 135 Å². The zero-order chi connectivity index (χ0) is 16.3. The van der Waals surface area contributed by atoms with Crippen molar-refractivity contribution in [1.29, 1.82) is 0 Å². The Kier molecular flexibility index (Phi) is 4.12. The predicted molar refractivity (Wildman–Crippen MR) is 93.0 cm³/mol. The highest BCUT2D eigenvalue weighted by atomic mass is 32.2. The van der Waals surface area contributed by atoms with Crippen LogP contribution in [-0.4, -0.2) is 14.6 Å². The number of nitrogens with zero attached hydrogens (tertiary/aromatic N) is 1. The first kappa shape index (κ1) is 15.2. The number of aryl methyl sites for hydroxylation is 1. The van der Waals surface area contributed by atoms with Crippen LogP contribution in [-0.2, 0) is 10.0 Å². The van der Waals surface area contributed by atoms with Crippen molar-refractivity contribution < 1.29 is 8.42 Å². The quantitative estimate of drug-likeness (QED) is 0.590. The second-order valence-electron chi connectivity index (χ2n) is 5.27. The Morgan fingerprint density at radius 3 is 2.35 bits per heavy atom. The minimum Gasteiger partial charge on any atom is -0.200 e. The van der Waals surface area contributed by atoms with Crippen molar-refractivity contribution >= 4 is 27.0 Å². The molecule has 1 N–H and O–H groups in total. The van der Waals surface area contributed by atoms with E-state index in [0.717, 1.165) is 21.9 Å². The third-order valence-electron chi connectivity index (χ3n) is 3.49. The first-order valence-corrected chi connectivity index (χ1v) is 8.63. The monoisotopic (exact) mass is 324 g/mol. The Balaban J connectivity index is 1.78. The van der Waals surface area contributed by atoms with Crippen LogP contribution in [0.15, 0.2) is 76.7 Å². The molecule has 3 aromatic rings. The van der Waals surface area contributed by atoms with Gasteiger partial charge in [0.25, 0.3) is 10.0 Å². The topological polar surface area (TPSA) is 58.5 Å². The Hall–Kier alpha value is -2.66. The summed E-state index contributed by atoms with van der Waals surface area (Å²) < 4.78 is 24.2. The molecule has 3 rings (SSSR count). The van der Waals surface area contributed by atoms with E-state index in [1.54, 1.807) is 24.3 Å². The molecule has 0 aromatic heterocycles. The van der Waals surface area contributed by atoms with E-state index in [2.05, 4.69) is 9.93 Å². The maximum atomic E-state index is 12.1. The molecular formula is C18H16N2O2S. The molecule has 0 spiro atoms. The molecule has 4 nitrogen and oxygen atoms in total. The summed E-state index contributed by atoms with van der Waals surface area (Å²) in [5, 5.41) is 6.07. The number of rotatable bonds is 4. The molecule has 5 heteroatoms. The second-order valence-corrected chi connectivity index (χ2v) is 6.93. The minimum atomic E-state index is -3.64. The van der Waals surface area contributed by atoms with E-state index in [1.807, 2.05) is 49.4 Å². The van der Waals surface area contributed by atoms with Crippen LogP contribution in [0, 0.1) is 6.92 Å². The van der Waals surface area contributed by atoms with Gasteiger partial charge in [0.05, 0.1) is 11.1 Å². The molecule has 116 valence electrons. The Bertz CT molecular complexity index is 962. The van der Waals surface area contributed by atoms with Crippen molar-refractivity contribution in [3.8, 4) is 0 Å². The molecule has 23 heavy (non-hydrogen) atoms. The first-order chi connectivity index (χ1) is 11.0.